The van der Waals surface area contributed by atoms with E-state index in [9.17, 15) is 4.79 Å². The number of carbonyl (C=O) groups excluding carboxylic acids is 1. The number of benzene rings is 3. The van der Waals surface area contributed by atoms with Crippen molar-refractivity contribution in [3.8, 4) is 0 Å². The smallest absolute Gasteiger partial charge is 0.410 e. The van der Waals surface area contributed by atoms with Crippen LogP contribution in [-0.2, 0) is 24.4 Å². The van der Waals surface area contributed by atoms with Crippen molar-refractivity contribution in [2.75, 3.05) is 0 Å². The molecule has 0 atom stereocenters. The lowest BCUT2D eigenvalue weighted by Gasteiger charge is -2.22. The molecule has 0 heterocycles. The van der Waals surface area contributed by atoms with Gasteiger partial charge in [-0.25, -0.2) is 4.79 Å². The van der Waals surface area contributed by atoms with Crippen molar-refractivity contribution in [2.24, 2.45) is 0 Å². The number of rotatable bonds is 6. The topological polar surface area (TPSA) is 29.5 Å². The van der Waals surface area contributed by atoms with E-state index in [4.69, 9.17) is 4.74 Å². The van der Waals surface area contributed by atoms with Crippen LogP contribution >= 0.6 is 15.9 Å². The lowest BCUT2D eigenvalue weighted by atomic mass is 10.2. The highest BCUT2D eigenvalue weighted by Crippen LogP contribution is 2.15. The van der Waals surface area contributed by atoms with Gasteiger partial charge in [0.1, 0.15) is 6.61 Å². The molecular formula is C22H20BrNO2. The highest BCUT2D eigenvalue weighted by atomic mass is 79.9. The predicted octanol–water partition coefficient (Wildman–Crippen LogP) is 5.79. The van der Waals surface area contributed by atoms with Crippen molar-refractivity contribution in [1.29, 1.82) is 0 Å². The number of amides is 1. The van der Waals surface area contributed by atoms with Gasteiger partial charge in [-0.15, -0.1) is 0 Å². The van der Waals surface area contributed by atoms with Crippen LogP contribution in [0.1, 0.15) is 16.7 Å². The van der Waals surface area contributed by atoms with Gasteiger partial charge in [0.05, 0.1) is 0 Å². The molecule has 3 aromatic rings. The van der Waals surface area contributed by atoms with Crippen molar-refractivity contribution in [3.63, 3.8) is 0 Å². The molecular weight excluding hydrogens is 390 g/mol. The molecule has 0 aliphatic rings. The average Bonchev–Trinajstić information content (AvgIpc) is 2.69. The molecule has 0 fully saturated rings. The fraction of sp³-hybridized carbons (Fsp3) is 0.136. The summed E-state index contributed by atoms with van der Waals surface area (Å²) in [5, 5.41) is 0. The van der Waals surface area contributed by atoms with Crippen LogP contribution in [0.5, 0.6) is 0 Å². The molecule has 0 aliphatic heterocycles. The Labute approximate surface area is 162 Å². The van der Waals surface area contributed by atoms with E-state index in [0.29, 0.717) is 13.1 Å². The normalized spacial score (nSPS) is 10.3. The van der Waals surface area contributed by atoms with E-state index >= 15 is 0 Å². The van der Waals surface area contributed by atoms with Gasteiger partial charge in [-0.3, -0.25) is 4.90 Å². The van der Waals surface area contributed by atoms with Crippen molar-refractivity contribution in [3.05, 3.63) is 106 Å². The number of halogens is 1. The van der Waals surface area contributed by atoms with Crippen LogP contribution in [0.2, 0.25) is 0 Å². The Bertz CT molecular complexity index is 820. The molecule has 0 bridgehead atoms. The molecule has 0 aromatic heterocycles. The summed E-state index contributed by atoms with van der Waals surface area (Å²) in [5.74, 6) is 0. The van der Waals surface area contributed by atoms with E-state index in [2.05, 4.69) is 15.9 Å². The summed E-state index contributed by atoms with van der Waals surface area (Å²) in [4.78, 5) is 14.4. The van der Waals surface area contributed by atoms with Crippen LogP contribution < -0.4 is 0 Å². The average molecular weight is 410 g/mol. The molecule has 0 unspecified atom stereocenters. The first-order valence-electron chi connectivity index (χ1n) is 8.45. The van der Waals surface area contributed by atoms with Crippen molar-refractivity contribution < 1.29 is 9.53 Å². The summed E-state index contributed by atoms with van der Waals surface area (Å²) < 4.78 is 6.55. The quantitative estimate of drug-likeness (QED) is 0.515. The number of hydrogen-bond donors (Lipinski definition) is 0. The highest BCUT2D eigenvalue weighted by Gasteiger charge is 2.16. The van der Waals surface area contributed by atoms with E-state index in [1.54, 1.807) is 4.90 Å². The van der Waals surface area contributed by atoms with Gasteiger partial charge >= 0.3 is 6.09 Å². The Morgan fingerprint density at radius 1 is 0.731 bits per heavy atom. The van der Waals surface area contributed by atoms with Crippen LogP contribution in [0.4, 0.5) is 4.79 Å². The van der Waals surface area contributed by atoms with Gasteiger partial charge in [-0.05, 0) is 28.8 Å². The van der Waals surface area contributed by atoms with Crippen molar-refractivity contribution >= 4 is 22.0 Å². The minimum Gasteiger partial charge on any atom is -0.445 e. The lowest BCUT2D eigenvalue weighted by Crippen LogP contribution is -2.30. The van der Waals surface area contributed by atoms with E-state index in [0.717, 1.165) is 21.2 Å². The molecule has 26 heavy (non-hydrogen) atoms. The monoisotopic (exact) mass is 409 g/mol. The first kappa shape index (κ1) is 18.2. The van der Waals surface area contributed by atoms with E-state index in [-0.39, 0.29) is 12.7 Å². The maximum atomic E-state index is 12.7. The van der Waals surface area contributed by atoms with Gasteiger partial charge in [-0.1, -0.05) is 88.7 Å². The van der Waals surface area contributed by atoms with Crippen LogP contribution in [0.15, 0.2) is 89.4 Å². The van der Waals surface area contributed by atoms with Gasteiger partial charge in [-0.2, -0.15) is 0 Å². The second-order valence-corrected chi connectivity index (χ2v) is 6.92. The number of carbonyl (C=O) groups is 1. The van der Waals surface area contributed by atoms with Crippen LogP contribution in [0, 0.1) is 0 Å². The molecule has 1 amide bonds. The zero-order valence-electron chi connectivity index (χ0n) is 14.3. The Morgan fingerprint density at radius 3 is 1.81 bits per heavy atom. The Balaban J connectivity index is 1.70. The third kappa shape index (κ3) is 5.46. The summed E-state index contributed by atoms with van der Waals surface area (Å²) in [7, 11) is 0. The third-order valence-corrected chi connectivity index (χ3v) is 4.49. The van der Waals surface area contributed by atoms with Crippen LogP contribution in [0.3, 0.4) is 0 Å². The molecule has 4 heteroatoms. The molecule has 0 saturated carbocycles. The second kappa shape index (κ2) is 9.20. The molecule has 0 saturated heterocycles. The fourth-order valence-corrected chi connectivity index (χ4v) is 2.87. The van der Waals surface area contributed by atoms with Crippen LogP contribution in [0.25, 0.3) is 0 Å². The van der Waals surface area contributed by atoms with Gasteiger partial charge < -0.3 is 4.74 Å². The number of hydrogen-bond acceptors (Lipinski definition) is 2. The zero-order chi connectivity index (χ0) is 18.2. The Hall–Kier alpha value is -2.59. The van der Waals surface area contributed by atoms with Crippen molar-refractivity contribution in [2.45, 2.75) is 19.7 Å². The second-order valence-electron chi connectivity index (χ2n) is 6.01. The summed E-state index contributed by atoms with van der Waals surface area (Å²) in [6, 6.07) is 27.6. The fourth-order valence-electron chi connectivity index (χ4n) is 2.61. The predicted molar refractivity (Wildman–Crippen MR) is 106 cm³/mol. The maximum absolute atomic E-state index is 12.7. The SMILES string of the molecule is O=C(OCc1ccccc1)N(Cc1ccccc1)Cc1ccc(Br)cc1. The van der Waals surface area contributed by atoms with Crippen LogP contribution in [-0.4, -0.2) is 11.0 Å². The standard InChI is InChI=1S/C22H20BrNO2/c23-21-13-11-19(12-14-21)16-24(15-18-7-3-1-4-8-18)22(25)26-17-20-9-5-2-6-10-20/h1-14H,15-17H2. The van der Waals surface area contributed by atoms with Gasteiger partial charge in [0.25, 0.3) is 0 Å². The van der Waals surface area contributed by atoms with E-state index in [1.165, 1.54) is 0 Å². The minimum absolute atomic E-state index is 0.269. The first-order chi connectivity index (χ1) is 12.7. The Morgan fingerprint density at radius 2 is 1.23 bits per heavy atom. The molecule has 0 N–H and O–H groups in total. The summed E-state index contributed by atoms with van der Waals surface area (Å²) in [6.07, 6.45) is -0.319. The van der Waals surface area contributed by atoms with E-state index in [1.807, 2.05) is 84.9 Å². The first-order valence-corrected chi connectivity index (χ1v) is 9.24. The molecule has 3 rings (SSSR count). The van der Waals surface area contributed by atoms with Crippen molar-refractivity contribution in [1.82, 2.24) is 4.90 Å². The summed E-state index contributed by atoms with van der Waals surface area (Å²) >= 11 is 3.44. The largest absolute Gasteiger partial charge is 0.445 e. The molecule has 0 aliphatic carbocycles. The van der Waals surface area contributed by atoms with Gasteiger partial charge in [0.15, 0.2) is 0 Å². The Kier molecular flexibility index (Phi) is 6.45. The van der Waals surface area contributed by atoms with Gasteiger partial charge in [0.2, 0.25) is 0 Å². The van der Waals surface area contributed by atoms with E-state index < -0.39 is 0 Å². The molecule has 3 nitrogen and oxygen atoms in total. The zero-order valence-corrected chi connectivity index (χ0v) is 15.9. The molecule has 0 radical (unpaired) electrons. The lowest BCUT2D eigenvalue weighted by molar-refractivity contribution is 0.0910. The number of ether oxygens (including phenoxy) is 1. The minimum atomic E-state index is -0.319. The number of nitrogens with zero attached hydrogens (tertiary/aromatic N) is 1. The van der Waals surface area contributed by atoms with Gasteiger partial charge in [0, 0.05) is 17.6 Å². The highest BCUT2D eigenvalue weighted by molar-refractivity contribution is 9.10. The molecule has 132 valence electrons. The molecule has 3 aromatic carbocycles. The third-order valence-electron chi connectivity index (χ3n) is 3.97. The summed E-state index contributed by atoms with van der Waals surface area (Å²) in [5.41, 5.74) is 3.10. The maximum Gasteiger partial charge on any atom is 0.410 e. The summed E-state index contributed by atoms with van der Waals surface area (Å²) in [6.45, 7) is 1.27. The molecule has 0 spiro atoms.